The largest absolute Gasteiger partial charge is 0.250 e. The molecule has 0 N–H and O–H groups in total. The summed E-state index contributed by atoms with van der Waals surface area (Å²) in [7, 11) is 0. The van der Waals surface area contributed by atoms with Crippen molar-refractivity contribution in [2.24, 2.45) is 0 Å². The van der Waals surface area contributed by atoms with Gasteiger partial charge in [-0.3, -0.25) is 0 Å². The maximum absolute atomic E-state index is 6.41. The van der Waals surface area contributed by atoms with E-state index in [1.54, 1.807) is 0 Å². The highest BCUT2D eigenvalue weighted by Crippen LogP contribution is 2.24. The normalized spacial score (nSPS) is 11.9. The Balaban J connectivity index is 0.00000117. The lowest BCUT2D eigenvalue weighted by Crippen LogP contribution is -2.32. The van der Waals surface area contributed by atoms with E-state index in [0.717, 1.165) is 33.2 Å². The van der Waals surface area contributed by atoms with Crippen LogP contribution in [0, 0.1) is 6.92 Å². The van der Waals surface area contributed by atoms with Crippen LogP contribution in [0.4, 0.5) is 0 Å². The van der Waals surface area contributed by atoms with Crippen LogP contribution in [0.1, 0.15) is 33.4 Å². The zero-order chi connectivity index (χ0) is 19.1. The molecule has 0 bridgehead atoms. The van der Waals surface area contributed by atoms with Gasteiger partial charge in [-0.05, 0) is 39.0 Å². The van der Waals surface area contributed by atoms with E-state index in [-0.39, 0.29) is 0 Å². The molecule has 0 radical (unpaired) electrons. The quantitative estimate of drug-likeness (QED) is 0.655. The van der Waals surface area contributed by atoms with Gasteiger partial charge >= 0.3 is 0 Å². The second kappa shape index (κ2) is 9.25. The number of aromatic nitrogens is 3. The number of hydrogen-bond acceptors (Lipinski definition) is 3. The van der Waals surface area contributed by atoms with Crippen molar-refractivity contribution < 1.29 is 0 Å². The van der Waals surface area contributed by atoms with Gasteiger partial charge in [-0.25, -0.2) is 15.0 Å². The number of halogens is 1. The second-order valence-electron chi connectivity index (χ2n) is 5.42. The molecule has 0 spiro atoms. The van der Waals surface area contributed by atoms with Gasteiger partial charge in [-0.15, -0.1) is 0 Å². The lowest BCUT2D eigenvalue weighted by atomic mass is 10.1. The molecule has 1 aromatic carbocycles. The molecule has 26 heavy (non-hydrogen) atoms. The molecule has 0 unspecified atom stereocenters. The summed E-state index contributed by atoms with van der Waals surface area (Å²) in [6, 6.07) is 13.6. The van der Waals surface area contributed by atoms with Gasteiger partial charge in [0.05, 0.1) is 11.0 Å². The van der Waals surface area contributed by atoms with Crippen molar-refractivity contribution in [2.45, 2.75) is 34.6 Å². The number of aryl methyl sites for hydroxylation is 1. The van der Waals surface area contributed by atoms with E-state index in [4.69, 9.17) is 16.6 Å². The van der Waals surface area contributed by atoms with Gasteiger partial charge in [0.25, 0.3) is 0 Å². The molecule has 3 rings (SSSR count). The molecule has 0 saturated carbocycles. The van der Waals surface area contributed by atoms with Crippen LogP contribution in [-0.2, 0) is 0 Å². The van der Waals surface area contributed by atoms with E-state index in [1.165, 1.54) is 0 Å². The van der Waals surface area contributed by atoms with Crippen molar-refractivity contribution in [3.8, 4) is 22.8 Å². The number of benzene rings is 1. The standard InChI is InChI=1S/C20H18ClN3.C2H6/c1-4-14-17(5-2)23-20(18-12-8-9-13(3)22-18)24-19(14)15-10-6-7-11-16(15)21;1-2/h4-12H,1-3H3;1-2H3/b14-4+,17-5+;. The van der Waals surface area contributed by atoms with E-state index in [2.05, 4.69) is 9.97 Å². The zero-order valence-corrected chi connectivity index (χ0v) is 16.7. The Kier molecular flexibility index (Phi) is 7.05. The Morgan fingerprint density at radius 2 is 1.58 bits per heavy atom. The van der Waals surface area contributed by atoms with Crippen LogP contribution in [0.5, 0.6) is 0 Å². The molecular weight excluding hydrogens is 342 g/mol. The average Bonchev–Trinajstić information content (AvgIpc) is 2.69. The van der Waals surface area contributed by atoms with E-state index >= 15 is 0 Å². The van der Waals surface area contributed by atoms with Gasteiger partial charge in [0, 0.05) is 21.5 Å². The molecule has 0 amide bonds. The highest BCUT2D eigenvalue weighted by molar-refractivity contribution is 6.33. The monoisotopic (exact) mass is 365 g/mol. The summed E-state index contributed by atoms with van der Waals surface area (Å²) in [4.78, 5) is 14.0. The molecular formula is C22H24ClN3. The molecule has 0 atom stereocenters. The van der Waals surface area contributed by atoms with Crippen LogP contribution in [-0.4, -0.2) is 15.0 Å². The molecule has 134 valence electrons. The Morgan fingerprint density at radius 3 is 2.19 bits per heavy atom. The predicted octanol–water partition coefficient (Wildman–Crippen LogP) is 4.79. The maximum atomic E-state index is 6.41. The van der Waals surface area contributed by atoms with Gasteiger partial charge in [0.15, 0.2) is 5.82 Å². The molecule has 0 aliphatic carbocycles. The SMILES string of the molecule is C/C=c1/c(-c2ccccc2Cl)nc(-c2cccc(C)n2)n/c1=C/C.CC. The van der Waals surface area contributed by atoms with Crippen LogP contribution >= 0.6 is 11.6 Å². The highest BCUT2D eigenvalue weighted by Gasteiger charge is 2.12. The number of nitrogens with zero attached hydrogens (tertiary/aromatic N) is 3. The van der Waals surface area contributed by atoms with Crippen molar-refractivity contribution in [1.29, 1.82) is 0 Å². The molecule has 2 heterocycles. The van der Waals surface area contributed by atoms with Crippen molar-refractivity contribution in [2.75, 3.05) is 0 Å². The summed E-state index contributed by atoms with van der Waals surface area (Å²) in [5.74, 6) is 0.604. The Morgan fingerprint density at radius 1 is 0.846 bits per heavy atom. The molecule has 3 nitrogen and oxygen atoms in total. The smallest absolute Gasteiger partial charge is 0.179 e. The summed E-state index contributed by atoms with van der Waals surface area (Å²) in [6.07, 6.45) is 4.00. The number of rotatable bonds is 2. The van der Waals surface area contributed by atoms with Gasteiger partial charge < -0.3 is 0 Å². The number of pyridine rings is 1. The molecule has 2 aromatic heterocycles. The fourth-order valence-electron chi connectivity index (χ4n) is 2.63. The molecule has 0 saturated heterocycles. The zero-order valence-electron chi connectivity index (χ0n) is 15.9. The van der Waals surface area contributed by atoms with Crippen molar-refractivity contribution in [1.82, 2.24) is 15.0 Å². The molecule has 4 heteroatoms. The number of hydrogen-bond donors (Lipinski definition) is 0. The van der Waals surface area contributed by atoms with Crippen molar-refractivity contribution in [3.63, 3.8) is 0 Å². The summed E-state index contributed by atoms with van der Waals surface area (Å²) in [5.41, 5.74) is 3.41. The fourth-order valence-corrected chi connectivity index (χ4v) is 2.86. The highest BCUT2D eigenvalue weighted by atomic mass is 35.5. The minimum absolute atomic E-state index is 0.604. The van der Waals surface area contributed by atoms with E-state index in [0.29, 0.717) is 10.8 Å². The summed E-state index contributed by atoms with van der Waals surface area (Å²) >= 11 is 6.41. The van der Waals surface area contributed by atoms with Crippen LogP contribution in [0.25, 0.3) is 34.9 Å². The first-order valence-electron chi connectivity index (χ1n) is 8.83. The minimum atomic E-state index is 0.604. The van der Waals surface area contributed by atoms with Gasteiger partial charge in [0.2, 0.25) is 0 Å². The van der Waals surface area contributed by atoms with Crippen molar-refractivity contribution in [3.05, 3.63) is 63.7 Å². The average molecular weight is 366 g/mol. The topological polar surface area (TPSA) is 38.7 Å². The van der Waals surface area contributed by atoms with Crippen LogP contribution in [0.15, 0.2) is 42.5 Å². The van der Waals surface area contributed by atoms with E-state index in [9.17, 15) is 0 Å². The molecule has 3 aromatic rings. The van der Waals surface area contributed by atoms with Gasteiger partial charge in [0.1, 0.15) is 5.69 Å². The summed E-state index contributed by atoms with van der Waals surface area (Å²) in [6.45, 7) is 9.91. The minimum Gasteiger partial charge on any atom is -0.250 e. The lowest BCUT2D eigenvalue weighted by molar-refractivity contribution is 1.08. The van der Waals surface area contributed by atoms with Crippen LogP contribution in [0.2, 0.25) is 5.02 Å². The lowest BCUT2D eigenvalue weighted by Gasteiger charge is -2.08. The first-order chi connectivity index (χ1) is 12.6. The third kappa shape index (κ3) is 4.17. The molecule has 0 aliphatic rings. The predicted molar refractivity (Wildman–Crippen MR) is 111 cm³/mol. The maximum Gasteiger partial charge on any atom is 0.179 e. The first kappa shape index (κ1) is 19.8. The summed E-state index contributed by atoms with van der Waals surface area (Å²) < 4.78 is 0. The van der Waals surface area contributed by atoms with E-state index < -0.39 is 0 Å². The van der Waals surface area contributed by atoms with E-state index in [1.807, 2.05) is 89.2 Å². The Bertz CT molecular complexity index is 1010. The third-order valence-corrected chi connectivity index (χ3v) is 4.11. The van der Waals surface area contributed by atoms with Crippen molar-refractivity contribution >= 4 is 23.8 Å². The molecule has 0 fully saturated rings. The Labute approximate surface area is 160 Å². The van der Waals surface area contributed by atoms with Crippen LogP contribution < -0.4 is 10.6 Å². The second-order valence-corrected chi connectivity index (χ2v) is 5.82. The Hall–Kier alpha value is -2.52. The first-order valence-corrected chi connectivity index (χ1v) is 9.21. The van der Waals surface area contributed by atoms with Crippen LogP contribution in [0.3, 0.4) is 0 Å². The summed E-state index contributed by atoms with van der Waals surface area (Å²) in [5, 5.41) is 2.52. The molecule has 0 aliphatic heterocycles. The van der Waals surface area contributed by atoms with Gasteiger partial charge in [-0.1, -0.05) is 61.9 Å². The van der Waals surface area contributed by atoms with Gasteiger partial charge in [-0.2, -0.15) is 0 Å². The third-order valence-electron chi connectivity index (χ3n) is 3.78. The fraction of sp³-hybridized carbons (Fsp3) is 0.227.